The average Bonchev–Trinajstić information content (AvgIpc) is 2.60. The number of quaternary nitrogens is 1. The van der Waals surface area contributed by atoms with E-state index in [1.165, 1.54) is 57.8 Å². The van der Waals surface area contributed by atoms with Crippen molar-refractivity contribution in [2.45, 2.75) is 77.6 Å². The van der Waals surface area contributed by atoms with Gasteiger partial charge in [-0.15, -0.1) is 0 Å². The second kappa shape index (κ2) is 17.0. The number of unbranched alkanes of at least 4 members (excludes halogenated alkanes) is 9. The maximum absolute atomic E-state index is 11.9. The lowest BCUT2D eigenvalue weighted by Crippen LogP contribution is -2.45. The minimum Gasteiger partial charge on any atom is -0.748 e. The Kier molecular flexibility index (Phi) is 16.6. The molecule has 0 saturated carbocycles. The van der Waals surface area contributed by atoms with Crippen LogP contribution in [0, 0.1) is 0 Å². The van der Waals surface area contributed by atoms with Crippen LogP contribution in [0.15, 0.2) is 0 Å². The topological polar surface area (TPSA) is 92.7 Å². The lowest BCUT2D eigenvalue weighted by molar-refractivity contribution is -0.883. The van der Waals surface area contributed by atoms with Crippen molar-refractivity contribution in [2.75, 3.05) is 52.8 Å². The first kappa shape index (κ1) is 28.3. The highest BCUT2D eigenvalue weighted by atomic mass is 32.2. The van der Waals surface area contributed by atoms with Crippen molar-refractivity contribution in [2.24, 2.45) is 0 Å². The summed E-state index contributed by atoms with van der Waals surface area (Å²) in [5.74, 6) is -0.751. The first-order chi connectivity index (χ1) is 13.7. The van der Waals surface area contributed by atoms with Gasteiger partial charge >= 0.3 is 5.97 Å². The van der Waals surface area contributed by atoms with Crippen molar-refractivity contribution in [3.63, 3.8) is 0 Å². The monoisotopic (exact) mass is 437 g/mol. The fourth-order valence-electron chi connectivity index (χ4n) is 3.15. The standard InChI is InChI=1S/C21H43NO6S/c1-4-5-6-7-8-9-10-11-12-13-16-27-17-18-28-21(23)20-22(2,3)15-14-19-29(24,25)26/h4-20H2,1-3H3. The minimum absolute atomic E-state index is 0.136. The second-order valence-corrected chi connectivity index (χ2v) is 9.97. The van der Waals surface area contributed by atoms with Crippen molar-refractivity contribution in [3.8, 4) is 0 Å². The van der Waals surface area contributed by atoms with Crippen molar-refractivity contribution >= 4 is 16.1 Å². The summed E-state index contributed by atoms with van der Waals surface area (Å²) in [5.41, 5.74) is 0. The molecule has 0 fully saturated rings. The number of carbonyl (C=O) groups is 1. The third-order valence-electron chi connectivity index (χ3n) is 4.85. The van der Waals surface area contributed by atoms with Crippen LogP contribution in [-0.2, 0) is 24.4 Å². The van der Waals surface area contributed by atoms with E-state index in [1.54, 1.807) is 14.1 Å². The number of hydrogen-bond donors (Lipinski definition) is 0. The molecule has 0 radical (unpaired) electrons. The van der Waals surface area contributed by atoms with Crippen molar-refractivity contribution in [3.05, 3.63) is 0 Å². The van der Waals surface area contributed by atoms with Gasteiger partial charge in [0.15, 0.2) is 6.54 Å². The maximum Gasteiger partial charge on any atom is 0.361 e. The Balaban J connectivity index is 3.48. The van der Waals surface area contributed by atoms with E-state index in [4.69, 9.17) is 9.47 Å². The average molecular weight is 438 g/mol. The van der Waals surface area contributed by atoms with Gasteiger partial charge < -0.3 is 18.5 Å². The Hall–Kier alpha value is -0.700. The first-order valence-electron chi connectivity index (χ1n) is 11.2. The maximum atomic E-state index is 11.9. The lowest BCUT2D eigenvalue weighted by Gasteiger charge is -2.28. The molecule has 7 nitrogen and oxygen atoms in total. The number of esters is 1. The molecule has 0 aromatic carbocycles. The Bertz CT molecular complexity index is 507. The molecule has 0 aliphatic heterocycles. The second-order valence-electron chi connectivity index (χ2n) is 8.45. The molecule has 0 N–H and O–H groups in total. The molecule has 0 spiro atoms. The van der Waals surface area contributed by atoms with Gasteiger partial charge in [-0.2, -0.15) is 0 Å². The predicted octanol–water partition coefficient (Wildman–Crippen LogP) is 3.48. The summed E-state index contributed by atoms with van der Waals surface area (Å²) in [6, 6.07) is 0. The largest absolute Gasteiger partial charge is 0.748 e. The predicted molar refractivity (Wildman–Crippen MR) is 115 cm³/mol. The van der Waals surface area contributed by atoms with Crippen LogP contribution in [0.4, 0.5) is 0 Å². The normalized spacial score (nSPS) is 12.3. The third kappa shape index (κ3) is 21.8. The molecule has 0 aliphatic rings. The highest BCUT2D eigenvalue weighted by Gasteiger charge is 2.21. The summed E-state index contributed by atoms with van der Waals surface area (Å²) < 4.78 is 42.8. The van der Waals surface area contributed by atoms with E-state index in [0.29, 0.717) is 19.8 Å². The van der Waals surface area contributed by atoms with Crippen LogP contribution in [0.5, 0.6) is 0 Å². The molecule has 0 aromatic rings. The number of nitrogens with zero attached hydrogens (tertiary/aromatic N) is 1. The van der Waals surface area contributed by atoms with E-state index in [-0.39, 0.29) is 30.0 Å². The van der Waals surface area contributed by atoms with E-state index in [1.807, 2.05) is 0 Å². The lowest BCUT2D eigenvalue weighted by atomic mass is 10.1. The van der Waals surface area contributed by atoms with E-state index >= 15 is 0 Å². The van der Waals surface area contributed by atoms with Crippen LogP contribution < -0.4 is 0 Å². The quantitative estimate of drug-likeness (QED) is 0.125. The number of carbonyl (C=O) groups excluding carboxylic acids is 1. The zero-order valence-electron chi connectivity index (χ0n) is 18.8. The van der Waals surface area contributed by atoms with Gasteiger partial charge in [0.2, 0.25) is 0 Å². The smallest absolute Gasteiger partial charge is 0.361 e. The van der Waals surface area contributed by atoms with E-state index in [9.17, 15) is 17.8 Å². The number of likely N-dealkylation sites (N-methyl/N-ethyl adjacent to an activating group) is 1. The summed E-state index contributed by atoms with van der Waals surface area (Å²) in [4.78, 5) is 11.9. The first-order valence-corrected chi connectivity index (χ1v) is 12.7. The molecule has 0 unspecified atom stereocenters. The highest BCUT2D eigenvalue weighted by molar-refractivity contribution is 7.85. The van der Waals surface area contributed by atoms with Gasteiger partial charge in [0.05, 0.1) is 37.4 Å². The van der Waals surface area contributed by atoms with Crippen molar-refractivity contribution < 1.29 is 31.7 Å². The molecule has 0 rings (SSSR count). The minimum atomic E-state index is -4.20. The van der Waals surface area contributed by atoms with Gasteiger partial charge in [-0.25, -0.2) is 13.2 Å². The SMILES string of the molecule is CCCCCCCCCCCCOCCOC(=O)C[N+](C)(C)CCCS(=O)(=O)[O-]. The van der Waals surface area contributed by atoms with Gasteiger partial charge in [0.1, 0.15) is 6.61 Å². The van der Waals surface area contributed by atoms with Crippen LogP contribution >= 0.6 is 0 Å². The number of ether oxygens (including phenoxy) is 2. The van der Waals surface area contributed by atoms with Gasteiger partial charge in [0, 0.05) is 18.8 Å². The molecule has 0 aliphatic carbocycles. The zero-order valence-corrected chi connectivity index (χ0v) is 19.6. The molecular weight excluding hydrogens is 394 g/mol. The van der Waals surface area contributed by atoms with Gasteiger partial charge in [0.25, 0.3) is 0 Å². The number of hydrogen-bond acceptors (Lipinski definition) is 6. The molecule has 0 aromatic heterocycles. The fourth-order valence-corrected chi connectivity index (χ4v) is 3.63. The van der Waals surface area contributed by atoms with Crippen LogP contribution in [0.3, 0.4) is 0 Å². The molecule has 8 heteroatoms. The van der Waals surface area contributed by atoms with Crippen LogP contribution in [-0.4, -0.2) is 76.2 Å². The molecular formula is C21H43NO6S. The van der Waals surface area contributed by atoms with Gasteiger partial charge in [-0.05, 0) is 6.42 Å². The fraction of sp³-hybridized carbons (Fsp3) is 0.952. The Morgan fingerprint density at radius 1 is 0.828 bits per heavy atom. The molecule has 0 amide bonds. The van der Waals surface area contributed by atoms with Crippen molar-refractivity contribution in [1.82, 2.24) is 0 Å². The summed E-state index contributed by atoms with van der Waals surface area (Å²) >= 11 is 0. The van der Waals surface area contributed by atoms with Crippen molar-refractivity contribution in [1.29, 1.82) is 0 Å². The van der Waals surface area contributed by atoms with E-state index < -0.39 is 15.9 Å². The Labute approximate surface area is 178 Å². The summed E-state index contributed by atoms with van der Waals surface area (Å²) in [6.07, 6.45) is 13.1. The van der Waals surface area contributed by atoms with E-state index in [0.717, 1.165) is 6.42 Å². The zero-order chi connectivity index (χ0) is 22.0. The Morgan fingerprint density at radius 3 is 1.93 bits per heavy atom. The molecule has 29 heavy (non-hydrogen) atoms. The van der Waals surface area contributed by atoms with Crippen LogP contribution in [0.1, 0.15) is 77.6 Å². The highest BCUT2D eigenvalue weighted by Crippen LogP contribution is 2.10. The van der Waals surface area contributed by atoms with E-state index in [2.05, 4.69) is 6.92 Å². The molecule has 174 valence electrons. The molecule has 0 saturated heterocycles. The van der Waals surface area contributed by atoms with Crippen LogP contribution in [0.25, 0.3) is 0 Å². The Morgan fingerprint density at radius 2 is 1.38 bits per heavy atom. The summed E-state index contributed by atoms with van der Waals surface area (Å²) in [6.45, 7) is 4.11. The third-order valence-corrected chi connectivity index (χ3v) is 5.64. The van der Waals surface area contributed by atoms with Crippen LogP contribution in [0.2, 0.25) is 0 Å². The van der Waals surface area contributed by atoms with Gasteiger partial charge in [-0.3, -0.25) is 0 Å². The molecule has 0 bridgehead atoms. The summed E-state index contributed by atoms with van der Waals surface area (Å²) in [7, 11) is -0.593. The molecule has 0 heterocycles. The number of rotatable bonds is 20. The van der Waals surface area contributed by atoms with Gasteiger partial charge in [-0.1, -0.05) is 64.7 Å². The molecule has 0 atom stereocenters. The summed E-state index contributed by atoms with van der Waals surface area (Å²) in [5, 5.41) is 0.